The lowest BCUT2D eigenvalue weighted by molar-refractivity contribution is -0.160. The van der Waals surface area contributed by atoms with E-state index in [-0.39, 0.29) is 11.8 Å². The first kappa shape index (κ1) is 14.4. The van der Waals surface area contributed by atoms with Crippen molar-refractivity contribution < 1.29 is 9.59 Å². The van der Waals surface area contributed by atoms with Crippen molar-refractivity contribution >= 4 is 23.6 Å². The second-order valence-corrected chi connectivity index (χ2v) is 6.13. The maximum absolute atomic E-state index is 12.4. The van der Waals surface area contributed by atoms with Crippen LogP contribution in [0, 0.1) is 0 Å². The Morgan fingerprint density at radius 2 is 1.88 bits per heavy atom. The Bertz CT molecular complexity index is 330. The molecular weight excluding hydrogens is 236 g/mol. The van der Waals surface area contributed by atoms with Crippen LogP contribution in [0.3, 0.4) is 0 Å². The van der Waals surface area contributed by atoms with E-state index < -0.39 is 11.1 Å². The number of carbonyl (C=O) groups is 2. The van der Waals surface area contributed by atoms with Crippen LogP contribution >= 0.6 is 11.8 Å². The van der Waals surface area contributed by atoms with E-state index >= 15 is 0 Å². The maximum Gasteiger partial charge on any atom is 0.248 e. The van der Waals surface area contributed by atoms with E-state index in [4.69, 9.17) is 0 Å². The highest BCUT2D eigenvalue weighted by atomic mass is 32.2. The number of carbonyl (C=O) groups excluding carboxylic acids is 2. The van der Waals surface area contributed by atoms with E-state index in [1.54, 1.807) is 37.4 Å². The van der Waals surface area contributed by atoms with E-state index in [0.717, 1.165) is 5.75 Å². The zero-order valence-corrected chi connectivity index (χ0v) is 12.1. The lowest BCUT2D eigenvalue weighted by atomic mass is 9.87. The molecule has 98 valence electrons. The molecular formula is C12H22N2O2S. The molecule has 1 saturated heterocycles. The Morgan fingerprint density at radius 1 is 1.29 bits per heavy atom. The number of rotatable bonds is 4. The van der Waals surface area contributed by atoms with Gasteiger partial charge in [-0.2, -0.15) is 11.8 Å². The monoisotopic (exact) mass is 258 g/mol. The van der Waals surface area contributed by atoms with Crippen LogP contribution in [-0.4, -0.2) is 46.3 Å². The van der Waals surface area contributed by atoms with Gasteiger partial charge in [-0.05, 0) is 33.4 Å². The predicted octanol–water partition coefficient (Wildman–Crippen LogP) is 1.26. The van der Waals surface area contributed by atoms with Crippen molar-refractivity contribution in [3.05, 3.63) is 0 Å². The fourth-order valence-electron chi connectivity index (χ4n) is 1.93. The Labute approximate surface area is 108 Å². The Morgan fingerprint density at radius 3 is 2.35 bits per heavy atom. The molecule has 1 atom stereocenters. The normalized spacial score (nSPS) is 28.2. The minimum atomic E-state index is -0.749. The van der Waals surface area contributed by atoms with Crippen molar-refractivity contribution in [2.24, 2.45) is 0 Å². The minimum Gasteiger partial charge on any atom is -0.340 e. The van der Waals surface area contributed by atoms with Crippen LogP contribution in [0.15, 0.2) is 0 Å². The molecule has 0 aromatic heterocycles. The Balaban J connectivity index is 3.02. The van der Waals surface area contributed by atoms with Crippen molar-refractivity contribution in [2.75, 3.05) is 18.6 Å². The molecule has 1 aliphatic rings. The number of nitrogens with one attached hydrogen (secondary N) is 1. The Hall–Kier alpha value is -0.710. The molecule has 1 heterocycles. The predicted molar refractivity (Wildman–Crippen MR) is 71.0 cm³/mol. The molecule has 4 nitrogen and oxygen atoms in total. The molecule has 5 heteroatoms. The van der Waals surface area contributed by atoms with Gasteiger partial charge in [-0.25, -0.2) is 0 Å². The summed E-state index contributed by atoms with van der Waals surface area (Å²) < 4.78 is 0. The van der Waals surface area contributed by atoms with Crippen molar-refractivity contribution in [2.45, 2.75) is 45.2 Å². The highest BCUT2D eigenvalue weighted by molar-refractivity contribution is 7.98. The fourth-order valence-corrected chi connectivity index (χ4v) is 2.30. The van der Waals surface area contributed by atoms with Crippen molar-refractivity contribution in [3.8, 4) is 0 Å². The molecule has 0 spiro atoms. The summed E-state index contributed by atoms with van der Waals surface area (Å²) in [5.41, 5.74) is -1.49. The molecule has 0 bridgehead atoms. The van der Waals surface area contributed by atoms with Crippen LogP contribution in [0.2, 0.25) is 0 Å². The average Bonchev–Trinajstić information content (AvgIpc) is 2.27. The molecule has 0 saturated carbocycles. The second kappa shape index (κ2) is 4.88. The third-order valence-electron chi connectivity index (χ3n) is 3.56. The molecule has 1 rings (SSSR count). The highest BCUT2D eigenvalue weighted by Crippen LogP contribution is 2.27. The number of thioether (sulfide) groups is 1. The molecule has 0 radical (unpaired) electrons. The molecule has 1 unspecified atom stereocenters. The maximum atomic E-state index is 12.4. The standard InChI is InChI=1S/C12H22N2O2S/c1-6-12(4)10(16)14(7-8-17-5)11(2,3)9(15)13-12/h6-8H2,1-5H3,(H,13,15). The zero-order chi connectivity index (χ0) is 13.3. The lowest BCUT2D eigenvalue weighted by Crippen LogP contribution is -2.73. The van der Waals surface area contributed by atoms with Gasteiger partial charge in [-0.1, -0.05) is 6.92 Å². The molecule has 1 fully saturated rings. The van der Waals surface area contributed by atoms with Crippen LogP contribution in [0.1, 0.15) is 34.1 Å². The molecule has 1 N–H and O–H groups in total. The van der Waals surface area contributed by atoms with Gasteiger partial charge in [0.25, 0.3) is 0 Å². The van der Waals surface area contributed by atoms with Gasteiger partial charge in [0, 0.05) is 12.3 Å². The van der Waals surface area contributed by atoms with E-state index in [1.165, 1.54) is 0 Å². The molecule has 17 heavy (non-hydrogen) atoms. The summed E-state index contributed by atoms with van der Waals surface area (Å²) in [5, 5.41) is 2.85. The summed E-state index contributed by atoms with van der Waals surface area (Å²) in [5.74, 6) is 0.809. The van der Waals surface area contributed by atoms with Gasteiger partial charge < -0.3 is 10.2 Å². The SMILES string of the molecule is CCC1(C)NC(=O)C(C)(C)N(CCSC)C1=O. The van der Waals surface area contributed by atoms with E-state index in [9.17, 15) is 9.59 Å². The smallest absolute Gasteiger partial charge is 0.248 e. The van der Waals surface area contributed by atoms with Crippen LogP contribution in [0.25, 0.3) is 0 Å². The molecule has 0 aromatic carbocycles. The van der Waals surface area contributed by atoms with Gasteiger partial charge in [-0.3, -0.25) is 9.59 Å². The van der Waals surface area contributed by atoms with Crippen LogP contribution in [0.5, 0.6) is 0 Å². The summed E-state index contributed by atoms with van der Waals surface area (Å²) in [4.78, 5) is 26.3. The van der Waals surface area contributed by atoms with Gasteiger partial charge in [-0.15, -0.1) is 0 Å². The number of hydrogen-bond acceptors (Lipinski definition) is 3. The molecule has 2 amide bonds. The quantitative estimate of drug-likeness (QED) is 0.826. The largest absolute Gasteiger partial charge is 0.340 e. The molecule has 0 aliphatic carbocycles. The van der Waals surface area contributed by atoms with Crippen molar-refractivity contribution in [1.29, 1.82) is 0 Å². The van der Waals surface area contributed by atoms with Crippen LogP contribution in [-0.2, 0) is 9.59 Å². The summed E-state index contributed by atoms with van der Waals surface area (Å²) in [7, 11) is 0. The third kappa shape index (κ3) is 2.44. The summed E-state index contributed by atoms with van der Waals surface area (Å²) in [6.45, 7) is 7.94. The fraction of sp³-hybridized carbons (Fsp3) is 0.833. The average molecular weight is 258 g/mol. The first-order valence-electron chi connectivity index (χ1n) is 5.93. The van der Waals surface area contributed by atoms with Crippen LogP contribution in [0.4, 0.5) is 0 Å². The van der Waals surface area contributed by atoms with Crippen molar-refractivity contribution in [1.82, 2.24) is 10.2 Å². The van der Waals surface area contributed by atoms with E-state index in [1.807, 2.05) is 13.2 Å². The van der Waals surface area contributed by atoms with Crippen LogP contribution < -0.4 is 5.32 Å². The van der Waals surface area contributed by atoms with Gasteiger partial charge in [0.15, 0.2) is 0 Å². The first-order valence-corrected chi connectivity index (χ1v) is 7.32. The van der Waals surface area contributed by atoms with Gasteiger partial charge in [0.2, 0.25) is 11.8 Å². The first-order chi connectivity index (χ1) is 7.79. The summed E-state index contributed by atoms with van der Waals surface area (Å²) >= 11 is 1.68. The number of hydrogen-bond donors (Lipinski definition) is 1. The van der Waals surface area contributed by atoms with Gasteiger partial charge in [0.1, 0.15) is 11.1 Å². The lowest BCUT2D eigenvalue weighted by Gasteiger charge is -2.48. The van der Waals surface area contributed by atoms with E-state index in [0.29, 0.717) is 13.0 Å². The zero-order valence-electron chi connectivity index (χ0n) is 11.3. The minimum absolute atomic E-state index is 0.0265. The number of nitrogens with zero attached hydrogens (tertiary/aromatic N) is 1. The second-order valence-electron chi connectivity index (χ2n) is 5.15. The van der Waals surface area contributed by atoms with Gasteiger partial charge in [0.05, 0.1) is 0 Å². The number of amides is 2. The number of piperazine rings is 1. The molecule has 1 aliphatic heterocycles. The highest BCUT2D eigenvalue weighted by Gasteiger charge is 2.50. The van der Waals surface area contributed by atoms with E-state index in [2.05, 4.69) is 5.32 Å². The van der Waals surface area contributed by atoms with Gasteiger partial charge >= 0.3 is 0 Å². The summed E-state index contributed by atoms with van der Waals surface area (Å²) in [6, 6.07) is 0. The topological polar surface area (TPSA) is 49.4 Å². The molecule has 0 aromatic rings. The Kier molecular flexibility index (Phi) is 4.12. The third-order valence-corrected chi connectivity index (χ3v) is 4.15. The van der Waals surface area contributed by atoms with Crippen molar-refractivity contribution in [3.63, 3.8) is 0 Å². The summed E-state index contributed by atoms with van der Waals surface area (Å²) in [6.07, 6.45) is 2.62.